The number of nitrogens with zero attached hydrogens (tertiary/aromatic N) is 2. The lowest BCUT2D eigenvalue weighted by atomic mass is 9.82. The van der Waals surface area contributed by atoms with Crippen molar-refractivity contribution < 1.29 is 4.74 Å². The Labute approximate surface area is 148 Å². The van der Waals surface area contributed by atoms with Crippen molar-refractivity contribution >= 4 is 32.9 Å². The van der Waals surface area contributed by atoms with E-state index in [1.54, 1.807) is 18.0 Å². The van der Waals surface area contributed by atoms with E-state index in [9.17, 15) is 0 Å². The molecule has 4 rings (SSSR count). The van der Waals surface area contributed by atoms with E-state index in [4.69, 9.17) is 15.5 Å². The van der Waals surface area contributed by atoms with Crippen LogP contribution in [0.3, 0.4) is 0 Å². The summed E-state index contributed by atoms with van der Waals surface area (Å²) in [7, 11) is 0. The van der Waals surface area contributed by atoms with Crippen molar-refractivity contribution in [2.24, 2.45) is 10.7 Å². The molecule has 0 saturated heterocycles. The third-order valence-electron chi connectivity index (χ3n) is 3.78. The fraction of sp³-hybridized carbons (Fsp3) is 0.294. The minimum absolute atomic E-state index is 0.500. The highest BCUT2D eigenvalue weighted by Gasteiger charge is 2.46. The van der Waals surface area contributed by atoms with Gasteiger partial charge in [0.1, 0.15) is 11.3 Å². The van der Waals surface area contributed by atoms with Crippen LogP contribution in [0.15, 0.2) is 39.9 Å². The van der Waals surface area contributed by atoms with Crippen molar-refractivity contribution in [1.29, 1.82) is 0 Å². The maximum Gasteiger partial charge on any atom is 0.225 e. The third kappa shape index (κ3) is 2.64. The second-order valence-corrected chi connectivity index (χ2v) is 7.12. The van der Waals surface area contributed by atoms with Crippen LogP contribution in [0.4, 0.5) is 0 Å². The summed E-state index contributed by atoms with van der Waals surface area (Å²) in [6.45, 7) is 6.07. The van der Waals surface area contributed by atoms with E-state index in [0.717, 1.165) is 27.1 Å². The molecule has 6 heteroatoms. The Balaban J connectivity index is 0.000000753. The number of ether oxygens (including phenoxy) is 1. The number of benzene rings is 1. The molecule has 2 aliphatic rings. The number of aryl methyl sites for hydroxylation is 1. The summed E-state index contributed by atoms with van der Waals surface area (Å²) in [5, 5.41) is 0.607. The molecule has 4 nitrogen and oxygen atoms in total. The van der Waals surface area contributed by atoms with Gasteiger partial charge in [0, 0.05) is 27.5 Å². The van der Waals surface area contributed by atoms with Crippen molar-refractivity contribution in [2.45, 2.75) is 26.3 Å². The van der Waals surface area contributed by atoms with E-state index in [-0.39, 0.29) is 0 Å². The predicted octanol–water partition coefficient (Wildman–Crippen LogP) is 4.59. The van der Waals surface area contributed by atoms with Gasteiger partial charge in [-0.05, 0) is 41.1 Å². The van der Waals surface area contributed by atoms with Gasteiger partial charge in [-0.25, -0.2) is 9.98 Å². The van der Waals surface area contributed by atoms with E-state index in [1.165, 1.54) is 5.56 Å². The van der Waals surface area contributed by atoms with E-state index in [2.05, 4.69) is 33.9 Å². The number of nitrogens with two attached hydrogens (primary N) is 1. The largest absolute Gasteiger partial charge is 0.438 e. The highest BCUT2D eigenvalue weighted by atomic mass is 79.9. The normalized spacial score (nSPS) is 20.8. The average Bonchev–Trinajstić information content (AvgIpc) is 2.94. The van der Waals surface area contributed by atoms with Gasteiger partial charge < -0.3 is 10.5 Å². The number of halogens is 1. The van der Waals surface area contributed by atoms with Gasteiger partial charge in [-0.3, -0.25) is 0 Å². The molecule has 0 saturated carbocycles. The zero-order valence-electron chi connectivity index (χ0n) is 13.3. The zero-order chi connectivity index (χ0) is 16.6. The van der Waals surface area contributed by atoms with Crippen LogP contribution in [0, 0.1) is 6.92 Å². The summed E-state index contributed by atoms with van der Waals surface area (Å²) in [5.41, 5.74) is 8.67. The van der Waals surface area contributed by atoms with E-state index in [1.807, 2.05) is 32.0 Å². The molecule has 2 aromatic rings. The van der Waals surface area contributed by atoms with E-state index in [0.29, 0.717) is 11.0 Å². The molecular weight excluding hydrogens is 374 g/mol. The quantitative estimate of drug-likeness (QED) is 0.713. The predicted molar refractivity (Wildman–Crippen MR) is 99.4 cm³/mol. The van der Waals surface area contributed by atoms with Gasteiger partial charge in [-0.15, -0.1) is 0 Å². The minimum atomic E-state index is -0.500. The number of rotatable bonds is 0. The molecule has 1 spiro atoms. The Morgan fingerprint density at radius 1 is 1.26 bits per heavy atom. The summed E-state index contributed by atoms with van der Waals surface area (Å²) in [5.74, 6) is 2.18. The lowest BCUT2D eigenvalue weighted by molar-refractivity contribution is 0.399. The molecule has 1 aromatic carbocycles. The average molecular weight is 392 g/mol. The van der Waals surface area contributed by atoms with Crippen LogP contribution in [0.5, 0.6) is 11.6 Å². The summed E-state index contributed by atoms with van der Waals surface area (Å²) >= 11 is 5.06. The maximum absolute atomic E-state index is 5.97. The Hall–Kier alpha value is -1.53. The maximum atomic E-state index is 5.97. The molecule has 0 amide bonds. The second-order valence-electron chi connectivity index (χ2n) is 5.21. The molecule has 1 unspecified atom stereocenters. The van der Waals surface area contributed by atoms with Gasteiger partial charge in [0.25, 0.3) is 0 Å². The van der Waals surface area contributed by atoms with E-state index >= 15 is 0 Å². The van der Waals surface area contributed by atoms with Crippen LogP contribution in [0.1, 0.15) is 30.5 Å². The third-order valence-corrected chi connectivity index (χ3v) is 5.16. The lowest BCUT2D eigenvalue weighted by Crippen LogP contribution is -2.30. The van der Waals surface area contributed by atoms with E-state index < -0.39 is 5.54 Å². The molecule has 3 heterocycles. The number of pyridine rings is 1. The fourth-order valence-electron chi connectivity index (χ4n) is 2.82. The van der Waals surface area contributed by atoms with Crippen LogP contribution >= 0.6 is 27.7 Å². The first-order valence-electron chi connectivity index (χ1n) is 7.52. The highest BCUT2D eigenvalue weighted by Crippen LogP contribution is 2.52. The van der Waals surface area contributed by atoms with Gasteiger partial charge >= 0.3 is 0 Å². The molecule has 0 fully saturated rings. The topological polar surface area (TPSA) is 60.5 Å². The van der Waals surface area contributed by atoms with Crippen LogP contribution in [-0.2, 0) is 5.54 Å². The number of amidine groups is 1. The molecule has 1 aromatic heterocycles. The number of thioether (sulfide) groups is 1. The smallest absolute Gasteiger partial charge is 0.225 e. The number of fused-ring (bicyclic) bond motifs is 4. The SMILES string of the molecule is CC.Cc1ccc2c(c1)C1(CSC(N)=N1)c1cc(Br)cnc1O2. The molecule has 2 aliphatic heterocycles. The van der Waals surface area contributed by atoms with Gasteiger partial charge in [0.05, 0.1) is 0 Å². The number of hydrogen-bond donors (Lipinski definition) is 1. The molecule has 2 N–H and O–H groups in total. The summed E-state index contributed by atoms with van der Waals surface area (Å²) < 4.78 is 6.87. The number of hydrogen-bond acceptors (Lipinski definition) is 5. The zero-order valence-corrected chi connectivity index (χ0v) is 15.7. The van der Waals surface area contributed by atoms with Crippen molar-refractivity contribution in [2.75, 3.05) is 5.75 Å². The lowest BCUT2D eigenvalue weighted by Gasteiger charge is -2.33. The standard InChI is InChI=1S/C15H12BrN3OS.C2H6/c1-8-2-3-12-10(4-8)15(7-21-14(17)19-15)11-5-9(16)6-18-13(11)20-12;1-2/h2-6H,7H2,1H3,(H2,17,19);1-2H3. The summed E-state index contributed by atoms with van der Waals surface area (Å²) in [6, 6.07) is 8.16. The van der Waals surface area contributed by atoms with Gasteiger partial charge in [-0.1, -0.05) is 37.2 Å². The van der Waals surface area contributed by atoms with Crippen molar-refractivity contribution in [3.63, 3.8) is 0 Å². The minimum Gasteiger partial charge on any atom is -0.438 e. The number of aliphatic imine (C=N–C) groups is 1. The first-order chi connectivity index (χ1) is 11.1. The molecule has 0 radical (unpaired) electrons. The van der Waals surface area contributed by atoms with Crippen molar-refractivity contribution in [3.8, 4) is 11.6 Å². The molecule has 0 aliphatic carbocycles. The molecule has 1 atom stereocenters. The van der Waals surface area contributed by atoms with Crippen molar-refractivity contribution in [3.05, 3.63) is 51.6 Å². The van der Waals surface area contributed by atoms with Gasteiger partial charge in [-0.2, -0.15) is 0 Å². The monoisotopic (exact) mass is 391 g/mol. The molecular formula is C17H18BrN3OS. The first-order valence-corrected chi connectivity index (χ1v) is 9.29. The highest BCUT2D eigenvalue weighted by molar-refractivity contribution is 9.10. The Morgan fingerprint density at radius 3 is 2.74 bits per heavy atom. The Bertz CT molecular complexity index is 740. The molecule has 23 heavy (non-hydrogen) atoms. The second kappa shape index (κ2) is 6.17. The summed E-state index contributed by atoms with van der Waals surface area (Å²) in [6.07, 6.45) is 1.74. The first kappa shape index (κ1) is 16.3. The fourth-order valence-corrected chi connectivity index (χ4v) is 4.10. The molecule has 120 valence electrons. The molecule has 0 bridgehead atoms. The van der Waals surface area contributed by atoms with Gasteiger partial charge in [0.15, 0.2) is 5.17 Å². The Kier molecular flexibility index (Phi) is 4.38. The van der Waals surface area contributed by atoms with Crippen molar-refractivity contribution in [1.82, 2.24) is 4.98 Å². The van der Waals surface area contributed by atoms with Crippen LogP contribution in [0.25, 0.3) is 0 Å². The van der Waals surface area contributed by atoms with Gasteiger partial charge in [0.2, 0.25) is 5.88 Å². The van der Waals surface area contributed by atoms with Crippen LogP contribution < -0.4 is 10.5 Å². The summed E-state index contributed by atoms with van der Waals surface area (Å²) in [4.78, 5) is 9.16. The van der Waals surface area contributed by atoms with Crippen LogP contribution in [-0.4, -0.2) is 15.9 Å². The Morgan fingerprint density at radius 2 is 2.04 bits per heavy atom. The van der Waals surface area contributed by atoms with Crippen LogP contribution in [0.2, 0.25) is 0 Å². The number of aromatic nitrogens is 1.